The van der Waals surface area contributed by atoms with E-state index in [-0.39, 0.29) is 11.8 Å². The van der Waals surface area contributed by atoms with E-state index in [0.29, 0.717) is 19.4 Å². The molecular formula is C9H13NO3. The number of nitrogens with zero attached hydrogens (tertiary/aromatic N) is 1. The van der Waals surface area contributed by atoms with Gasteiger partial charge in [-0.1, -0.05) is 6.08 Å². The molecule has 72 valence electrons. The van der Waals surface area contributed by atoms with Crippen LogP contribution < -0.4 is 0 Å². The van der Waals surface area contributed by atoms with Gasteiger partial charge in [0.15, 0.2) is 0 Å². The molecule has 0 aromatic carbocycles. The zero-order valence-corrected chi connectivity index (χ0v) is 7.49. The SMILES string of the molecule is C=CCCCC(=O)N1OCCC1=O. The number of imide groups is 1. The van der Waals surface area contributed by atoms with Gasteiger partial charge < -0.3 is 0 Å². The molecule has 0 saturated carbocycles. The number of hydrogen-bond donors (Lipinski definition) is 0. The van der Waals surface area contributed by atoms with Crippen molar-refractivity contribution in [2.45, 2.75) is 25.7 Å². The van der Waals surface area contributed by atoms with Crippen LogP contribution in [0.1, 0.15) is 25.7 Å². The Morgan fingerprint density at radius 3 is 3.00 bits per heavy atom. The van der Waals surface area contributed by atoms with Gasteiger partial charge in [0.1, 0.15) is 0 Å². The number of allylic oxidation sites excluding steroid dienone is 1. The molecule has 13 heavy (non-hydrogen) atoms. The first-order valence-electron chi connectivity index (χ1n) is 4.35. The van der Waals surface area contributed by atoms with Crippen molar-refractivity contribution >= 4 is 11.8 Å². The molecule has 1 heterocycles. The Morgan fingerprint density at radius 2 is 2.46 bits per heavy atom. The van der Waals surface area contributed by atoms with Crippen LogP contribution in [0.25, 0.3) is 0 Å². The highest BCUT2D eigenvalue weighted by Gasteiger charge is 2.27. The zero-order valence-electron chi connectivity index (χ0n) is 7.49. The molecule has 0 atom stereocenters. The van der Waals surface area contributed by atoms with Crippen LogP contribution in [-0.2, 0) is 14.4 Å². The van der Waals surface area contributed by atoms with Gasteiger partial charge in [-0.3, -0.25) is 14.4 Å². The minimum atomic E-state index is -0.246. The Kier molecular flexibility index (Phi) is 3.64. The van der Waals surface area contributed by atoms with Gasteiger partial charge in [-0.25, -0.2) is 0 Å². The summed E-state index contributed by atoms with van der Waals surface area (Å²) in [5, 5.41) is 0.878. The molecule has 0 unspecified atom stereocenters. The van der Waals surface area contributed by atoms with Crippen molar-refractivity contribution in [2.75, 3.05) is 6.61 Å². The predicted molar refractivity (Wildman–Crippen MR) is 46.5 cm³/mol. The fraction of sp³-hybridized carbons (Fsp3) is 0.556. The highest BCUT2D eigenvalue weighted by atomic mass is 16.7. The van der Waals surface area contributed by atoms with Gasteiger partial charge in [-0.15, -0.1) is 6.58 Å². The second-order valence-electron chi connectivity index (χ2n) is 2.85. The van der Waals surface area contributed by atoms with Gasteiger partial charge in [0.2, 0.25) is 0 Å². The molecule has 0 N–H and O–H groups in total. The summed E-state index contributed by atoms with van der Waals surface area (Å²) in [6.45, 7) is 3.87. The molecule has 1 aliphatic rings. The summed E-state index contributed by atoms with van der Waals surface area (Å²) in [6.07, 6.45) is 3.91. The quantitative estimate of drug-likeness (QED) is 0.483. The van der Waals surface area contributed by atoms with E-state index < -0.39 is 0 Å². The van der Waals surface area contributed by atoms with E-state index in [1.165, 1.54) is 0 Å². The van der Waals surface area contributed by atoms with Crippen LogP contribution >= 0.6 is 0 Å². The lowest BCUT2D eigenvalue weighted by atomic mass is 10.2. The van der Waals surface area contributed by atoms with Gasteiger partial charge in [0.05, 0.1) is 13.0 Å². The van der Waals surface area contributed by atoms with Crippen LogP contribution in [0.4, 0.5) is 0 Å². The molecule has 1 saturated heterocycles. The van der Waals surface area contributed by atoms with E-state index in [4.69, 9.17) is 4.84 Å². The summed E-state index contributed by atoms with van der Waals surface area (Å²) >= 11 is 0. The number of amides is 2. The van der Waals surface area contributed by atoms with Crippen LogP contribution in [0, 0.1) is 0 Å². The zero-order chi connectivity index (χ0) is 9.68. The second-order valence-corrected chi connectivity index (χ2v) is 2.85. The van der Waals surface area contributed by atoms with Crippen molar-refractivity contribution in [1.82, 2.24) is 5.06 Å². The van der Waals surface area contributed by atoms with Crippen molar-refractivity contribution < 1.29 is 14.4 Å². The third-order valence-electron chi connectivity index (χ3n) is 1.79. The molecule has 0 aliphatic carbocycles. The van der Waals surface area contributed by atoms with E-state index in [1.54, 1.807) is 6.08 Å². The number of carbonyl (C=O) groups excluding carboxylic acids is 2. The monoisotopic (exact) mass is 183 g/mol. The molecule has 0 aromatic rings. The largest absolute Gasteiger partial charge is 0.272 e. The average Bonchev–Trinajstić information content (AvgIpc) is 2.52. The molecular weight excluding hydrogens is 170 g/mol. The van der Waals surface area contributed by atoms with E-state index >= 15 is 0 Å². The van der Waals surface area contributed by atoms with Gasteiger partial charge >= 0.3 is 0 Å². The number of rotatable bonds is 4. The first kappa shape index (κ1) is 9.92. The van der Waals surface area contributed by atoms with E-state index in [1.807, 2.05) is 0 Å². The third-order valence-corrected chi connectivity index (χ3v) is 1.79. The van der Waals surface area contributed by atoms with Crippen LogP contribution in [0.15, 0.2) is 12.7 Å². The van der Waals surface area contributed by atoms with Gasteiger partial charge in [0.25, 0.3) is 11.8 Å². The normalized spacial score (nSPS) is 16.3. The average molecular weight is 183 g/mol. The molecule has 0 radical (unpaired) electrons. The molecule has 4 heteroatoms. The topological polar surface area (TPSA) is 46.6 Å². The fourth-order valence-electron chi connectivity index (χ4n) is 1.11. The Balaban J connectivity index is 2.30. The summed E-state index contributed by atoms with van der Waals surface area (Å²) < 4.78 is 0. The highest BCUT2D eigenvalue weighted by Crippen LogP contribution is 2.10. The number of unbranched alkanes of at least 4 members (excludes halogenated alkanes) is 1. The summed E-state index contributed by atoms with van der Waals surface area (Å²) in [5.74, 6) is -0.479. The molecule has 0 aromatic heterocycles. The van der Waals surface area contributed by atoms with E-state index in [2.05, 4.69) is 6.58 Å². The summed E-state index contributed by atoms with van der Waals surface area (Å²) in [4.78, 5) is 27.2. The molecule has 0 bridgehead atoms. The maximum atomic E-state index is 11.3. The predicted octanol–water partition coefficient (Wildman–Crippen LogP) is 1.03. The van der Waals surface area contributed by atoms with Crippen molar-refractivity contribution in [2.24, 2.45) is 0 Å². The molecule has 1 fully saturated rings. The van der Waals surface area contributed by atoms with Crippen LogP contribution in [0.3, 0.4) is 0 Å². The number of hydroxylamine groups is 2. The molecule has 0 spiro atoms. The maximum absolute atomic E-state index is 11.3. The Bertz CT molecular complexity index is 225. The van der Waals surface area contributed by atoms with Crippen LogP contribution in [-0.4, -0.2) is 23.5 Å². The third kappa shape index (κ3) is 2.66. The molecule has 2 amide bonds. The summed E-state index contributed by atoms with van der Waals surface area (Å²) in [6, 6.07) is 0. The van der Waals surface area contributed by atoms with E-state index in [0.717, 1.165) is 17.9 Å². The fourth-order valence-corrected chi connectivity index (χ4v) is 1.11. The smallest absolute Gasteiger partial charge is 0.255 e. The lowest BCUT2D eigenvalue weighted by Gasteiger charge is -2.10. The van der Waals surface area contributed by atoms with Crippen LogP contribution in [0.2, 0.25) is 0 Å². The number of hydrogen-bond acceptors (Lipinski definition) is 3. The van der Waals surface area contributed by atoms with E-state index in [9.17, 15) is 9.59 Å². The lowest BCUT2D eigenvalue weighted by molar-refractivity contribution is -0.178. The molecule has 1 aliphatic heterocycles. The second kappa shape index (κ2) is 4.77. The molecule has 4 nitrogen and oxygen atoms in total. The summed E-state index contributed by atoms with van der Waals surface area (Å²) in [7, 11) is 0. The summed E-state index contributed by atoms with van der Waals surface area (Å²) in [5.41, 5.74) is 0. The Labute approximate surface area is 77.1 Å². The Morgan fingerprint density at radius 1 is 1.69 bits per heavy atom. The highest BCUT2D eigenvalue weighted by molar-refractivity contribution is 5.94. The minimum absolute atomic E-state index is 0.233. The first-order chi connectivity index (χ1) is 6.25. The number of carbonyl (C=O) groups is 2. The lowest BCUT2D eigenvalue weighted by Crippen LogP contribution is -2.30. The van der Waals surface area contributed by atoms with Gasteiger partial charge in [-0.2, -0.15) is 5.06 Å². The van der Waals surface area contributed by atoms with Gasteiger partial charge in [-0.05, 0) is 12.8 Å². The van der Waals surface area contributed by atoms with Crippen LogP contribution in [0.5, 0.6) is 0 Å². The first-order valence-corrected chi connectivity index (χ1v) is 4.35. The minimum Gasteiger partial charge on any atom is -0.272 e. The maximum Gasteiger partial charge on any atom is 0.255 e. The van der Waals surface area contributed by atoms with Crippen molar-refractivity contribution in [3.8, 4) is 0 Å². The molecule has 1 rings (SSSR count). The van der Waals surface area contributed by atoms with Crippen molar-refractivity contribution in [3.05, 3.63) is 12.7 Å². The van der Waals surface area contributed by atoms with Gasteiger partial charge in [0, 0.05) is 6.42 Å². The standard InChI is InChI=1S/C9H13NO3/c1-2-3-4-5-8(11)10-9(12)6-7-13-10/h2H,1,3-7H2. The van der Waals surface area contributed by atoms with Crippen molar-refractivity contribution in [1.29, 1.82) is 0 Å². The van der Waals surface area contributed by atoms with Crippen molar-refractivity contribution in [3.63, 3.8) is 0 Å². The Hall–Kier alpha value is -1.16.